The van der Waals surface area contributed by atoms with Crippen molar-refractivity contribution in [1.82, 2.24) is 5.32 Å². The van der Waals surface area contributed by atoms with E-state index in [1.165, 1.54) is 218 Å². The molecule has 0 aromatic heterocycles. The largest absolute Gasteiger partial charge is 0.397 e. The molecule has 7 atom stereocenters. The second-order valence-electron chi connectivity index (χ2n) is 21.6. The van der Waals surface area contributed by atoms with E-state index in [-0.39, 0.29) is 18.9 Å². The second-order valence-corrected chi connectivity index (χ2v) is 22.7. The van der Waals surface area contributed by atoms with Crippen LogP contribution in [-0.2, 0) is 28.9 Å². The minimum atomic E-state index is -5.09. The molecule has 1 fully saturated rings. The maximum absolute atomic E-state index is 13.1. The van der Waals surface area contributed by atoms with Crippen LogP contribution < -0.4 is 5.32 Å². The average molecular weight is 1070 g/mol. The van der Waals surface area contributed by atoms with E-state index < -0.39 is 59.9 Å². The van der Waals surface area contributed by atoms with E-state index in [0.717, 1.165) is 44.9 Å². The van der Waals surface area contributed by atoms with E-state index in [4.69, 9.17) is 9.47 Å². The molecule has 0 aromatic carbocycles. The Labute approximate surface area is 454 Å². The predicted molar refractivity (Wildman–Crippen MR) is 305 cm³/mol. The van der Waals surface area contributed by atoms with Crippen molar-refractivity contribution in [1.29, 1.82) is 0 Å². The van der Waals surface area contributed by atoms with E-state index in [2.05, 4.69) is 47.7 Å². The summed E-state index contributed by atoms with van der Waals surface area (Å²) in [5.74, 6) is -0.259. The van der Waals surface area contributed by atoms with Gasteiger partial charge in [0.05, 0.1) is 25.4 Å². The van der Waals surface area contributed by atoms with Crippen molar-refractivity contribution in [3.05, 3.63) is 36.5 Å². The number of amides is 1. The molecule has 1 amide bonds. The Balaban J connectivity index is 2.27. The average Bonchev–Trinajstić information content (AvgIpc) is 3.38. The van der Waals surface area contributed by atoms with Crippen LogP contribution in [0.2, 0.25) is 0 Å². The Morgan fingerprint density at radius 1 is 0.541 bits per heavy atom. The number of aliphatic hydroxyl groups excluding tert-OH is 4. The van der Waals surface area contributed by atoms with E-state index in [9.17, 15) is 38.2 Å². The lowest BCUT2D eigenvalue weighted by Gasteiger charge is -2.41. The van der Waals surface area contributed by atoms with E-state index in [1.54, 1.807) is 6.08 Å². The summed E-state index contributed by atoms with van der Waals surface area (Å²) in [5.41, 5.74) is 0. The number of nitrogens with one attached hydrogen (secondary N) is 1. The van der Waals surface area contributed by atoms with Gasteiger partial charge in [-0.3, -0.25) is 9.35 Å². The topological polar surface area (TPSA) is 192 Å². The summed E-state index contributed by atoms with van der Waals surface area (Å²) < 4.78 is 47.9. The quantitative estimate of drug-likeness (QED) is 0.0193. The Bertz CT molecular complexity index is 1440. The predicted octanol–water partition coefficient (Wildman–Crippen LogP) is 15.0. The summed E-state index contributed by atoms with van der Waals surface area (Å²) in [6, 6.07) is -0.944. The zero-order valence-electron chi connectivity index (χ0n) is 47.4. The van der Waals surface area contributed by atoms with Gasteiger partial charge >= 0.3 is 10.4 Å². The zero-order chi connectivity index (χ0) is 54.0. The van der Waals surface area contributed by atoms with Crippen LogP contribution in [0.5, 0.6) is 0 Å². The summed E-state index contributed by atoms with van der Waals surface area (Å²) in [6.07, 6.45) is 56.3. The number of ether oxygens (including phenoxy) is 2. The van der Waals surface area contributed by atoms with Crippen LogP contribution >= 0.6 is 0 Å². The Hall–Kier alpha value is -1.68. The minimum Gasteiger partial charge on any atom is -0.394 e. The van der Waals surface area contributed by atoms with Gasteiger partial charge in [0.15, 0.2) is 6.29 Å². The molecule has 0 aliphatic carbocycles. The molecule has 0 radical (unpaired) electrons. The summed E-state index contributed by atoms with van der Waals surface area (Å²) in [6.45, 7) is 3.43. The first kappa shape index (κ1) is 70.3. The third-order valence-corrected chi connectivity index (χ3v) is 15.1. The van der Waals surface area contributed by atoms with Crippen LogP contribution in [0.4, 0.5) is 0 Å². The summed E-state index contributed by atoms with van der Waals surface area (Å²) in [7, 11) is -5.09. The van der Waals surface area contributed by atoms with Crippen LogP contribution in [0, 0.1) is 0 Å². The number of carbonyl (C=O) groups excluding carboxylic acids is 1. The maximum Gasteiger partial charge on any atom is 0.397 e. The molecule has 6 N–H and O–H groups in total. The fraction of sp³-hybridized carbons (Fsp3) is 0.885. The molecule has 1 saturated heterocycles. The molecule has 7 unspecified atom stereocenters. The molecule has 12 nitrogen and oxygen atoms in total. The van der Waals surface area contributed by atoms with Crippen molar-refractivity contribution in [3.8, 4) is 0 Å². The van der Waals surface area contributed by atoms with Crippen LogP contribution in [-0.4, -0.2) is 95.4 Å². The normalized spacial score (nSPS) is 19.4. The van der Waals surface area contributed by atoms with Gasteiger partial charge in [0.25, 0.3) is 0 Å². The molecule has 0 spiro atoms. The molecule has 1 aliphatic rings. The molecule has 1 aliphatic heterocycles. The molecule has 1 heterocycles. The highest BCUT2D eigenvalue weighted by Gasteiger charge is 2.48. The fourth-order valence-corrected chi connectivity index (χ4v) is 10.4. The number of carbonyl (C=O) groups is 1. The van der Waals surface area contributed by atoms with Gasteiger partial charge in [-0.25, -0.2) is 4.18 Å². The molecular weight excluding hydrogens is 955 g/mol. The van der Waals surface area contributed by atoms with Crippen molar-refractivity contribution in [2.75, 3.05) is 13.2 Å². The molecule has 13 heteroatoms. The van der Waals surface area contributed by atoms with E-state index >= 15 is 0 Å². The Morgan fingerprint density at radius 3 is 1.28 bits per heavy atom. The highest BCUT2D eigenvalue weighted by Crippen LogP contribution is 2.26. The second kappa shape index (κ2) is 50.8. The number of rotatable bonds is 54. The van der Waals surface area contributed by atoms with E-state index in [1.807, 2.05) is 6.08 Å². The van der Waals surface area contributed by atoms with Crippen molar-refractivity contribution in [2.24, 2.45) is 0 Å². The van der Waals surface area contributed by atoms with Gasteiger partial charge in [0.2, 0.25) is 5.91 Å². The maximum atomic E-state index is 13.1. The Kier molecular flexibility index (Phi) is 48.3. The molecule has 0 aromatic rings. The van der Waals surface area contributed by atoms with Crippen LogP contribution in [0.25, 0.3) is 0 Å². The summed E-state index contributed by atoms with van der Waals surface area (Å²) in [5, 5.41) is 45.0. The molecule has 74 heavy (non-hydrogen) atoms. The first-order chi connectivity index (χ1) is 36.0. The van der Waals surface area contributed by atoms with Crippen LogP contribution in [0.1, 0.15) is 290 Å². The number of unbranched alkanes of at least 4 members (excludes halogenated alkanes) is 38. The van der Waals surface area contributed by atoms with Gasteiger partial charge in [-0.15, -0.1) is 0 Å². The fourth-order valence-electron chi connectivity index (χ4n) is 9.90. The SMILES string of the molecule is CCCCCCCCCCC/C=C\C/C=C\CCCCCCCCCCCCCCCCCC(=O)NC(COC1OC(CO)C(O)C(OS(=O)(=O)O)C1O)C(O)/C=C/CCCCCCCCCCCCCCCC. The molecule has 0 bridgehead atoms. The van der Waals surface area contributed by atoms with Crippen molar-refractivity contribution in [2.45, 2.75) is 333 Å². The third kappa shape index (κ3) is 42.4. The van der Waals surface area contributed by atoms with Crippen LogP contribution in [0.3, 0.4) is 0 Å². The lowest BCUT2D eigenvalue weighted by molar-refractivity contribution is -0.298. The third-order valence-electron chi connectivity index (χ3n) is 14.7. The Morgan fingerprint density at radius 2 is 0.905 bits per heavy atom. The van der Waals surface area contributed by atoms with Crippen LogP contribution in [0.15, 0.2) is 36.5 Å². The van der Waals surface area contributed by atoms with Gasteiger partial charge in [-0.1, -0.05) is 269 Å². The van der Waals surface area contributed by atoms with Crippen molar-refractivity contribution in [3.63, 3.8) is 0 Å². The van der Waals surface area contributed by atoms with Gasteiger partial charge < -0.3 is 35.2 Å². The standard InChI is InChI=1S/C61H115NO11S/c1-3-5-7-9-11-13-15-17-19-21-22-23-24-25-26-27-28-29-30-31-32-33-34-35-37-39-41-43-45-47-49-51-57(65)62-54(53-71-61-59(67)60(73-74(68,69)70)58(66)56(52-63)72-61)55(64)50-48-46-44-42-40-38-36-20-18-16-14-12-10-8-6-4-2/h22-23,25-26,48,50,54-56,58-61,63-64,66-67H,3-21,24,27-47,49,51-53H2,1-2H3,(H,62,65)(H,68,69,70)/b23-22-,26-25-,50-48+. The summed E-state index contributed by atoms with van der Waals surface area (Å²) in [4.78, 5) is 13.1. The molecule has 436 valence electrons. The van der Waals surface area contributed by atoms with E-state index in [0.29, 0.717) is 6.42 Å². The highest BCUT2D eigenvalue weighted by molar-refractivity contribution is 7.80. The first-order valence-corrected chi connectivity index (χ1v) is 32.2. The molecular formula is C61H115NO11S. The van der Waals surface area contributed by atoms with Crippen molar-refractivity contribution >= 4 is 16.3 Å². The van der Waals surface area contributed by atoms with Gasteiger partial charge in [0, 0.05) is 6.42 Å². The number of hydrogen-bond acceptors (Lipinski definition) is 10. The number of aliphatic hydroxyl groups is 4. The van der Waals surface area contributed by atoms with Gasteiger partial charge in [0.1, 0.15) is 24.4 Å². The monoisotopic (exact) mass is 1070 g/mol. The number of hydrogen-bond donors (Lipinski definition) is 6. The molecule has 0 saturated carbocycles. The highest BCUT2D eigenvalue weighted by atomic mass is 32.3. The van der Waals surface area contributed by atoms with Crippen molar-refractivity contribution < 1.29 is 51.8 Å². The first-order valence-electron chi connectivity index (χ1n) is 30.9. The molecule has 1 rings (SSSR count). The zero-order valence-corrected chi connectivity index (χ0v) is 48.2. The smallest absolute Gasteiger partial charge is 0.394 e. The minimum absolute atomic E-state index is 0.259. The lowest BCUT2D eigenvalue weighted by Crippen LogP contribution is -2.61. The lowest BCUT2D eigenvalue weighted by atomic mass is 9.99. The van der Waals surface area contributed by atoms with Gasteiger partial charge in [-0.2, -0.15) is 8.42 Å². The van der Waals surface area contributed by atoms with Gasteiger partial charge in [-0.05, 0) is 51.4 Å². The number of allylic oxidation sites excluding steroid dienone is 5. The summed E-state index contributed by atoms with van der Waals surface area (Å²) >= 11 is 0.